The molecule has 0 saturated heterocycles. The van der Waals surface area contributed by atoms with E-state index >= 15 is 0 Å². The number of amides is 1. The number of benzene rings is 1. The molecule has 0 N–H and O–H groups in total. The molecular weight excluding hydrogens is 347 g/mol. The zero-order chi connectivity index (χ0) is 18.5. The number of hydrogen-bond acceptors (Lipinski definition) is 4. The molecule has 1 aromatic carbocycles. The van der Waals surface area contributed by atoms with E-state index in [1.54, 1.807) is 24.3 Å². The summed E-state index contributed by atoms with van der Waals surface area (Å²) in [5, 5.41) is 3.38. The second kappa shape index (κ2) is 6.10. The van der Waals surface area contributed by atoms with E-state index in [-0.39, 0.29) is 17.6 Å². The van der Waals surface area contributed by atoms with E-state index in [1.807, 2.05) is 4.90 Å². The first kappa shape index (κ1) is 17.1. The molecule has 0 bridgehead atoms. The average molecular weight is 365 g/mol. The number of nitrogens with zero attached hydrogens (tertiary/aromatic N) is 3. The van der Waals surface area contributed by atoms with Gasteiger partial charge in [0.05, 0.1) is 0 Å². The van der Waals surface area contributed by atoms with Gasteiger partial charge in [-0.3, -0.25) is 4.79 Å². The van der Waals surface area contributed by atoms with Gasteiger partial charge in [-0.15, -0.1) is 0 Å². The van der Waals surface area contributed by atoms with E-state index in [9.17, 15) is 18.0 Å². The van der Waals surface area contributed by atoms with Crippen LogP contribution in [0.1, 0.15) is 37.6 Å². The largest absolute Gasteiger partial charge is 0.471 e. The summed E-state index contributed by atoms with van der Waals surface area (Å²) in [6.45, 7) is 2.61. The molecule has 2 aliphatic rings. The van der Waals surface area contributed by atoms with Crippen LogP contribution in [-0.2, 0) is 17.5 Å². The number of carbonyl (C=O) groups excluding carboxylic acids is 1. The molecule has 138 valence electrons. The van der Waals surface area contributed by atoms with Crippen LogP contribution in [0.2, 0.25) is 0 Å². The Morgan fingerprint density at radius 2 is 1.92 bits per heavy atom. The average Bonchev–Trinajstić information content (AvgIpc) is 3.50. The number of aromatic nitrogens is 2. The smallest absolute Gasteiger partial charge is 0.335 e. The van der Waals surface area contributed by atoms with Crippen molar-refractivity contribution in [1.82, 2.24) is 15.0 Å². The second-order valence-electron chi connectivity index (χ2n) is 7.13. The summed E-state index contributed by atoms with van der Waals surface area (Å²) in [5.74, 6) is -0.634. The molecule has 2 aliphatic carbocycles. The first-order valence-electron chi connectivity index (χ1n) is 8.63. The maximum Gasteiger partial charge on any atom is 0.471 e. The highest BCUT2D eigenvalue weighted by atomic mass is 19.4. The summed E-state index contributed by atoms with van der Waals surface area (Å²) in [4.78, 5) is 17.9. The molecular formula is C18H18F3N3O2. The summed E-state index contributed by atoms with van der Waals surface area (Å²) in [7, 11) is 0. The van der Waals surface area contributed by atoms with Crippen LogP contribution in [0.3, 0.4) is 0 Å². The van der Waals surface area contributed by atoms with Crippen molar-refractivity contribution in [1.29, 1.82) is 0 Å². The zero-order valence-corrected chi connectivity index (χ0v) is 14.2. The number of hydrogen-bond donors (Lipinski definition) is 0. The fourth-order valence-electron chi connectivity index (χ4n) is 3.06. The number of halogens is 3. The normalized spacial score (nSPS) is 22.3. The van der Waals surface area contributed by atoms with Crippen LogP contribution in [-0.4, -0.2) is 27.0 Å². The lowest BCUT2D eigenvalue weighted by atomic mass is 10.1. The third kappa shape index (κ3) is 3.45. The van der Waals surface area contributed by atoms with Crippen molar-refractivity contribution >= 4 is 5.91 Å². The van der Waals surface area contributed by atoms with Crippen molar-refractivity contribution in [3.63, 3.8) is 0 Å². The van der Waals surface area contributed by atoms with Gasteiger partial charge < -0.3 is 9.42 Å². The zero-order valence-electron chi connectivity index (χ0n) is 14.2. The minimum Gasteiger partial charge on any atom is -0.335 e. The predicted molar refractivity (Wildman–Crippen MR) is 85.6 cm³/mol. The van der Waals surface area contributed by atoms with E-state index in [4.69, 9.17) is 0 Å². The van der Waals surface area contributed by atoms with E-state index < -0.39 is 12.1 Å². The summed E-state index contributed by atoms with van der Waals surface area (Å²) < 4.78 is 41.9. The Kier molecular flexibility index (Phi) is 4.00. The SMILES string of the molecule is CC1CC1C(=O)N(Cc1ccc(-c2noc(C(F)(F)F)n2)cc1)C1CC1. The molecule has 2 unspecified atom stereocenters. The molecule has 1 aromatic heterocycles. The van der Waals surface area contributed by atoms with Crippen LogP contribution >= 0.6 is 0 Å². The maximum atomic E-state index is 12.6. The molecule has 5 nitrogen and oxygen atoms in total. The van der Waals surface area contributed by atoms with Gasteiger partial charge in [0.15, 0.2) is 0 Å². The fraction of sp³-hybridized carbons (Fsp3) is 0.500. The van der Waals surface area contributed by atoms with Crippen LogP contribution in [0.5, 0.6) is 0 Å². The van der Waals surface area contributed by atoms with Gasteiger partial charge >= 0.3 is 12.1 Å². The lowest BCUT2D eigenvalue weighted by Crippen LogP contribution is -2.34. The van der Waals surface area contributed by atoms with Gasteiger partial charge in [0.1, 0.15) is 0 Å². The predicted octanol–water partition coefficient (Wildman–Crippen LogP) is 3.90. The molecule has 2 saturated carbocycles. The Labute approximate surface area is 148 Å². The summed E-state index contributed by atoms with van der Waals surface area (Å²) in [6.07, 6.45) is -1.63. The van der Waals surface area contributed by atoms with Crippen LogP contribution in [0, 0.1) is 11.8 Å². The molecule has 4 rings (SSSR count). The third-order valence-corrected chi connectivity index (χ3v) is 4.93. The van der Waals surface area contributed by atoms with Gasteiger partial charge in [0.2, 0.25) is 11.7 Å². The summed E-state index contributed by atoms with van der Waals surface area (Å²) in [5.41, 5.74) is 1.37. The van der Waals surface area contributed by atoms with Gasteiger partial charge in [-0.2, -0.15) is 18.2 Å². The molecule has 0 aliphatic heterocycles. The quantitative estimate of drug-likeness (QED) is 0.806. The Bertz CT molecular complexity index is 812. The summed E-state index contributed by atoms with van der Waals surface area (Å²) in [6, 6.07) is 7.20. The molecule has 2 atom stereocenters. The highest BCUT2D eigenvalue weighted by molar-refractivity contribution is 5.82. The first-order valence-corrected chi connectivity index (χ1v) is 8.63. The molecule has 26 heavy (non-hydrogen) atoms. The Hall–Kier alpha value is -2.38. The topological polar surface area (TPSA) is 59.2 Å². The van der Waals surface area contributed by atoms with E-state index in [2.05, 4.69) is 21.6 Å². The monoisotopic (exact) mass is 365 g/mol. The van der Waals surface area contributed by atoms with Crippen molar-refractivity contribution in [3.8, 4) is 11.4 Å². The molecule has 0 spiro atoms. The third-order valence-electron chi connectivity index (χ3n) is 4.93. The highest BCUT2D eigenvalue weighted by Gasteiger charge is 2.45. The maximum absolute atomic E-state index is 12.6. The molecule has 2 aromatic rings. The van der Waals surface area contributed by atoms with Gasteiger partial charge in [0.25, 0.3) is 0 Å². The van der Waals surface area contributed by atoms with Crippen LogP contribution < -0.4 is 0 Å². The van der Waals surface area contributed by atoms with E-state index in [0.29, 0.717) is 24.1 Å². The highest BCUT2D eigenvalue weighted by Crippen LogP contribution is 2.42. The van der Waals surface area contributed by atoms with Crippen LogP contribution in [0.25, 0.3) is 11.4 Å². The molecule has 8 heteroatoms. The Morgan fingerprint density at radius 3 is 2.42 bits per heavy atom. The first-order chi connectivity index (χ1) is 12.3. The van der Waals surface area contributed by atoms with Crippen molar-refractivity contribution in [3.05, 3.63) is 35.7 Å². The van der Waals surface area contributed by atoms with Gasteiger partial charge in [-0.05, 0) is 30.7 Å². The second-order valence-corrected chi connectivity index (χ2v) is 7.13. The van der Waals surface area contributed by atoms with Crippen LogP contribution in [0.15, 0.2) is 28.8 Å². The molecule has 1 amide bonds. The van der Waals surface area contributed by atoms with Gasteiger partial charge in [0, 0.05) is 24.1 Å². The van der Waals surface area contributed by atoms with Crippen molar-refractivity contribution in [2.75, 3.05) is 0 Å². The lowest BCUT2D eigenvalue weighted by Gasteiger charge is -2.23. The summed E-state index contributed by atoms with van der Waals surface area (Å²) >= 11 is 0. The molecule has 0 radical (unpaired) electrons. The minimum absolute atomic E-state index is 0.106. The number of carbonyl (C=O) groups is 1. The van der Waals surface area contributed by atoms with Gasteiger partial charge in [-0.25, -0.2) is 0 Å². The minimum atomic E-state index is -4.66. The van der Waals surface area contributed by atoms with Crippen molar-refractivity contribution < 1.29 is 22.5 Å². The van der Waals surface area contributed by atoms with Crippen molar-refractivity contribution in [2.24, 2.45) is 11.8 Å². The van der Waals surface area contributed by atoms with E-state index in [1.165, 1.54) is 0 Å². The lowest BCUT2D eigenvalue weighted by molar-refractivity contribution is -0.159. The van der Waals surface area contributed by atoms with Gasteiger partial charge in [-0.1, -0.05) is 36.3 Å². The van der Waals surface area contributed by atoms with E-state index in [0.717, 1.165) is 24.8 Å². The fourth-order valence-corrected chi connectivity index (χ4v) is 3.06. The standard InChI is InChI=1S/C18H18F3N3O2/c1-10-8-14(10)16(25)24(13-6-7-13)9-11-2-4-12(5-3-11)15-22-17(26-23-15)18(19,20)21/h2-5,10,13-14H,6-9H2,1H3. The van der Waals surface area contributed by atoms with Crippen molar-refractivity contribution in [2.45, 2.75) is 44.9 Å². The molecule has 1 heterocycles. The number of alkyl halides is 3. The number of rotatable bonds is 5. The Balaban J connectivity index is 1.47. The van der Waals surface area contributed by atoms with Crippen LogP contribution in [0.4, 0.5) is 13.2 Å². The Morgan fingerprint density at radius 1 is 1.27 bits per heavy atom. The molecule has 2 fully saturated rings.